The van der Waals surface area contributed by atoms with Crippen LogP contribution in [-0.4, -0.2) is 0 Å². The first kappa shape index (κ1) is 30.3. The normalized spacial score (nSPS) is 25.5. The van der Waals surface area contributed by atoms with E-state index in [0.717, 1.165) is 30.6 Å². The Bertz CT molecular complexity index is 1710. The van der Waals surface area contributed by atoms with Crippen LogP contribution in [0.3, 0.4) is 0 Å². The molecule has 0 N–H and O–H groups in total. The molecule has 4 aliphatic carbocycles. The maximum Gasteiger partial charge on any atom is 0.000174 e. The van der Waals surface area contributed by atoms with Crippen molar-refractivity contribution in [1.82, 2.24) is 0 Å². The predicted molar refractivity (Wildman–Crippen MR) is 195 cm³/mol. The number of hydrogen-bond acceptors (Lipinski definition) is 0. The predicted octanol–water partition coefficient (Wildman–Crippen LogP) is 12.5. The van der Waals surface area contributed by atoms with Gasteiger partial charge in [0.05, 0.1) is 0 Å². The summed E-state index contributed by atoms with van der Waals surface area (Å²) in [5.41, 5.74) is 20.0. The number of fused-ring (bicyclic) bond motifs is 2. The first-order chi connectivity index (χ1) is 21.7. The third kappa shape index (κ3) is 5.75. The molecule has 45 heavy (non-hydrogen) atoms. The quantitative estimate of drug-likeness (QED) is 0.239. The molecule has 232 valence electrons. The molecule has 3 aromatic rings. The molecule has 0 nitrogen and oxygen atoms in total. The summed E-state index contributed by atoms with van der Waals surface area (Å²) in [4.78, 5) is 0. The maximum absolute atomic E-state index is 4.29. The van der Waals surface area contributed by atoms with E-state index in [1.54, 1.807) is 11.1 Å². The molecule has 0 heteroatoms. The van der Waals surface area contributed by atoms with Crippen LogP contribution >= 0.6 is 0 Å². The van der Waals surface area contributed by atoms with E-state index >= 15 is 0 Å². The highest BCUT2D eigenvalue weighted by atomic mass is 14.4. The van der Waals surface area contributed by atoms with Crippen LogP contribution in [0.5, 0.6) is 0 Å². The van der Waals surface area contributed by atoms with Gasteiger partial charge in [-0.3, -0.25) is 0 Å². The molecule has 2 unspecified atom stereocenters. The van der Waals surface area contributed by atoms with Crippen molar-refractivity contribution in [2.75, 3.05) is 0 Å². The van der Waals surface area contributed by atoms with Crippen LogP contribution in [0.1, 0.15) is 116 Å². The Kier molecular flexibility index (Phi) is 8.14. The highest BCUT2D eigenvalue weighted by Gasteiger charge is 2.36. The number of allylic oxidation sites excluding steroid dienone is 5. The van der Waals surface area contributed by atoms with Gasteiger partial charge < -0.3 is 0 Å². The lowest BCUT2D eigenvalue weighted by atomic mass is 9.72. The largest absolute Gasteiger partial charge is 0.0999 e. The summed E-state index contributed by atoms with van der Waals surface area (Å²) in [5.74, 6) is 3.88. The molecule has 0 heterocycles. The third-order valence-corrected chi connectivity index (χ3v) is 12.0. The summed E-state index contributed by atoms with van der Waals surface area (Å²) in [7, 11) is 0. The van der Waals surface area contributed by atoms with E-state index in [1.165, 1.54) is 112 Å². The Balaban J connectivity index is 1.14. The zero-order chi connectivity index (χ0) is 31.4. The first-order valence-corrected chi connectivity index (χ1v) is 17.8. The summed E-state index contributed by atoms with van der Waals surface area (Å²) in [6.45, 7) is 19.8. The highest BCUT2D eigenvalue weighted by Crippen LogP contribution is 2.50. The summed E-state index contributed by atoms with van der Waals surface area (Å²) < 4.78 is 0. The molecular weight excluding hydrogens is 540 g/mol. The van der Waals surface area contributed by atoms with Crippen LogP contribution in [0.25, 0.3) is 28.3 Å². The standard InChI is InChI=1S/C45H52/c1-27(2)20-41-30(6)21-39-24-38(26-43(39)45(41)34-10-8-29(5)9-11-34)37-18-19-40-31(7)22-42(44(40)25-37)33-14-12-32(13-15-33)36-17-16-35(23-36)28(3)4/h8-11,18-19,21-22,24-25,31-33,35-36H,1,3,12-17,20,23,26H2,2,4-7H3/t31?,32?,33?,35?,36-/m1/s1. The van der Waals surface area contributed by atoms with Gasteiger partial charge in [0.15, 0.2) is 0 Å². The van der Waals surface area contributed by atoms with Crippen molar-refractivity contribution in [3.05, 3.63) is 123 Å². The van der Waals surface area contributed by atoms with Gasteiger partial charge in [0.1, 0.15) is 0 Å². The molecule has 0 bridgehead atoms. The molecule has 4 aliphatic rings. The van der Waals surface area contributed by atoms with E-state index in [-0.39, 0.29) is 0 Å². The van der Waals surface area contributed by atoms with Gasteiger partial charge in [-0.2, -0.15) is 0 Å². The average molecular weight is 593 g/mol. The van der Waals surface area contributed by atoms with Crippen molar-refractivity contribution in [2.24, 2.45) is 23.7 Å². The summed E-state index contributed by atoms with van der Waals surface area (Å²) in [5, 5.41) is 0. The zero-order valence-electron chi connectivity index (χ0n) is 28.4. The second-order valence-electron chi connectivity index (χ2n) is 15.4. The van der Waals surface area contributed by atoms with Crippen LogP contribution in [0.2, 0.25) is 0 Å². The molecule has 0 amide bonds. The molecule has 2 saturated carbocycles. The molecule has 3 aromatic carbocycles. The first-order valence-electron chi connectivity index (χ1n) is 17.8. The minimum atomic E-state index is 0.517. The van der Waals surface area contributed by atoms with E-state index in [4.69, 9.17) is 0 Å². The van der Waals surface area contributed by atoms with Crippen molar-refractivity contribution in [2.45, 2.75) is 98.3 Å². The molecule has 3 atom stereocenters. The van der Waals surface area contributed by atoms with E-state index in [9.17, 15) is 0 Å². The van der Waals surface area contributed by atoms with Crippen molar-refractivity contribution >= 4 is 17.2 Å². The van der Waals surface area contributed by atoms with Crippen LogP contribution < -0.4 is 0 Å². The molecule has 0 aliphatic heterocycles. The molecular formula is C45H52. The van der Waals surface area contributed by atoms with Crippen LogP contribution in [0, 0.1) is 37.5 Å². The number of aryl methyl sites for hydroxylation is 2. The molecule has 2 fully saturated rings. The van der Waals surface area contributed by atoms with Crippen LogP contribution in [0.4, 0.5) is 0 Å². The lowest BCUT2D eigenvalue weighted by Gasteiger charge is -2.33. The molecule has 0 aromatic heterocycles. The van der Waals surface area contributed by atoms with Gasteiger partial charge in [0, 0.05) is 5.92 Å². The second-order valence-corrected chi connectivity index (χ2v) is 15.4. The van der Waals surface area contributed by atoms with Gasteiger partial charge in [-0.05, 0) is 176 Å². The zero-order valence-corrected chi connectivity index (χ0v) is 28.4. The van der Waals surface area contributed by atoms with Crippen LogP contribution in [0.15, 0.2) is 78.9 Å². The minimum absolute atomic E-state index is 0.517. The number of benzene rings is 3. The van der Waals surface area contributed by atoms with Gasteiger partial charge >= 0.3 is 0 Å². The monoisotopic (exact) mass is 592 g/mol. The lowest BCUT2D eigenvalue weighted by Crippen LogP contribution is -2.21. The molecule has 0 radical (unpaired) electrons. The SMILES string of the molecule is C=C(C)Cc1c(C)cc2c(c1-c1ccc(C)cc1)CC(c1ccc3c(c1)C(C1CCC([C@@H]4CCC(C(=C)C)C4)CC1)=CC3C)=C2. The smallest absolute Gasteiger partial charge is 0.000174 e. The van der Waals surface area contributed by atoms with E-state index in [1.807, 2.05) is 0 Å². The number of hydrogen-bond donors (Lipinski definition) is 0. The Morgan fingerprint density at radius 1 is 0.822 bits per heavy atom. The van der Waals surface area contributed by atoms with Crippen molar-refractivity contribution in [1.29, 1.82) is 0 Å². The second kappa shape index (κ2) is 12.1. The fourth-order valence-corrected chi connectivity index (χ4v) is 9.46. The topological polar surface area (TPSA) is 0 Å². The van der Waals surface area contributed by atoms with E-state index in [0.29, 0.717) is 11.8 Å². The fraction of sp³-hybridized carbons (Fsp3) is 0.422. The average Bonchev–Trinajstić information content (AvgIpc) is 3.76. The maximum atomic E-state index is 4.29. The fourth-order valence-electron chi connectivity index (χ4n) is 9.46. The summed E-state index contributed by atoms with van der Waals surface area (Å²) in [6, 6.07) is 19.0. The molecule has 0 spiro atoms. The molecule has 7 rings (SSSR count). The minimum Gasteiger partial charge on any atom is -0.0999 e. The van der Waals surface area contributed by atoms with Gasteiger partial charge in [-0.1, -0.05) is 91.4 Å². The Hall–Kier alpha value is -3.38. The van der Waals surface area contributed by atoms with Crippen molar-refractivity contribution < 1.29 is 0 Å². The van der Waals surface area contributed by atoms with Crippen molar-refractivity contribution in [3.8, 4) is 11.1 Å². The summed E-state index contributed by atoms with van der Waals surface area (Å²) >= 11 is 0. The van der Waals surface area contributed by atoms with E-state index < -0.39 is 0 Å². The van der Waals surface area contributed by atoms with Gasteiger partial charge in [-0.15, -0.1) is 0 Å². The van der Waals surface area contributed by atoms with E-state index in [2.05, 4.69) is 108 Å². The third-order valence-electron chi connectivity index (χ3n) is 12.0. The van der Waals surface area contributed by atoms with Gasteiger partial charge in [-0.25, -0.2) is 0 Å². The lowest BCUT2D eigenvalue weighted by molar-refractivity contribution is 0.226. The van der Waals surface area contributed by atoms with Gasteiger partial charge in [0.25, 0.3) is 0 Å². The molecule has 0 saturated heterocycles. The highest BCUT2D eigenvalue weighted by molar-refractivity contribution is 5.94. The Morgan fingerprint density at radius 2 is 1.53 bits per heavy atom. The summed E-state index contributed by atoms with van der Waals surface area (Å²) in [6.07, 6.45) is 16.8. The van der Waals surface area contributed by atoms with Crippen molar-refractivity contribution in [3.63, 3.8) is 0 Å². The van der Waals surface area contributed by atoms with Gasteiger partial charge in [0.2, 0.25) is 0 Å². The van der Waals surface area contributed by atoms with Crippen LogP contribution in [-0.2, 0) is 12.8 Å². The number of rotatable bonds is 7. The Labute approximate surface area is 273 Å². The Morgan fingerprint density at radius 3 is 2.22 bits per heavy atom.